The van der Waals surface area contributed by atoms with Crippen molar-refractivity contribution in [3.63, 3.8) is 0 Å². The quantitative estimate of drug-likeness (QED) is 0.630. The first-order chi connectivity index (χ1) is 14.2. The monoisotopic (exact) mass is 389 g/mol. The molecule has 0 spiro atoms. The van der Waals surface area contributed by atoms with Crippen molar-refractivity contribution in [2.75, 3.05) is 19.6 Å². The number of hydrogen-bond donors (Lipinski definition) is 1. The standard InChI is InChI=1S/C22H23N5O2/c28-19-13-7-15-26(19)16-8-14-23-22(29)20-24-21(17-9-3-1-4-10-17)27(25-20)18-11-5-2-6-12-18/h1-6,9-12H,7-8,13-16H2,(H,23,29). The maximum absolute atomic E-state index is 12.6. The zero-order chi connectivity index (χ0) is 20.1. The summed E-state index contributed by atoms with van der Waals surface area (Å²) in [6.07, 6.45) is 2.27. The Morgan fingerprint density at radius 1 is 1.03 bits per heavy atom. The van der Waals surface area contributed by atoms with Gasteiger partial charge in [0.15, 0.2) is 5.82 Å². The molecular weight excluding hydrogens is 366 g/mol. The second kappa shape index (κ2) is 8.68. The minimum absolute atomic E-state index is 0.130. The summed E-state index contributed by atoms with van der Waals surface area (Å²) >= 11 is 0. The molecule has 0 bridgehead atoms. The molecule has 1 aliphatic heterocycles. The fourth-order valence-electron chi connectivity index (χ4n) is 3.42. The molecule has 0 atom stereocenters. The number of carbonyl (C=O) groups is 2. The van der Waals surface area contributed by atoms with Crippen molar-refractivity contribution >= 4 is 11.8 Å². The molecule has 7 heteroatoms. The lowest BCUT2D eigenvalue weighted by atomic mass is 10.2. The van der Waals surface area contributed by atoms with Crippen molar-refractivity contribution in [1.29, 1.82) is 0 Å². The van der Waals surface area contributed by atoms with Crippen LogP contribution in [0.15, 0.2) is 60.7 Å². The first kappa shape index (κ1) is 18.9. The van der Waals surface area contributed by atoms with Crippen LogP contribution in [0.2, 0.25) is 0 Å². The zero-order valence-corrected chi connectivity index (χ0v) is 16.1. The van der Waals surface area contributed by atoms with Crippen LogP contribution >= 0.6 is 0 Å². The average Bonchev–Trinajstić information content (AvgIpc) is 3.39. The highest BCUT2D eigenvalue weighted by Gasteiger charge is 2.20. The largest absolute Gasteiger partial charge is 0.349 e. The third-order valence-electron chi connectivity index (χ3n) is 4.90. The van der Waals surface area contributed by atoms with Crippen molar-refractivity contribution in [3.05, 3.63) is 66.5 Å². The molecule has 0 aliphatic carbocycles. The topological polar surface area (TPSA) is 80.1 Å². The zero-order valence-electron chi connectivity index (χ0n) is 16.1. The molecule has 7 nitrogen and oxygen atoms in total. The van der Waals surface area contributed by atoms with Crippen LogP contribution in [0, 0.1) is 0 Å². The number of likely N-dealkylation sites (tertiary alicyclic amines) is 1. The van der Waals surface area contributed by atoms with Crippen LogP contribution in [-0.4, -0.2) is 51.1 Å². The predicted octanol–water partition coefficient (Wildman–Crippen LogP) is 2.68. The lowest BCUT2D eigenvalue weighted by molar-refractivity contribution is -0.127. The van der Waals surface area contributed by atoms with E-state index in [2.05, 4.69) is 15.4 Å². The first-order valence-electron chi connectivity index (χ1n) is 9.86. The number of nitrogens with zero attached hydrogens (tertiary/aromatic N) is 4. The van der Waals surface area contributed by atoms with E-state index in [0.717, 1.165) is 24.2 Å². The number of para-hydroxylation sites is 1. The molecule has 1 aromatic heterocycles. The van der Waals surface area contributed by atoms with E-state index in [1.165, 1.54) is 0 Å². The molecule has 0 radical (unpaired) electrons. The molecule has 148 valence electrons. The van der Waals surface area contributed by atoms with Crippen molar-refractivity contribution in [2.24, 2.45) is 0 Å². The number of nitrogens with one attached hydrogen (secondary N) is 1. The average molecular weight is 389 g/mol. The van der Waals surface area contributed by atoms with E-state index >= 15 is 0 Å². The van der Waals surface area contributed by atoms with Gasteiger partial charge in [0.1, 0.15) is 0 Å². The molecule has 0 unspecified atom stereocenters. The number of benzene rings is 2. The summed E-state index contributed by atoms with van der Waals surface area (Å²) in [5, 5.41) is 7.32. The Balaban J connectivity index is 1.48. The van der Waals surface area contributed by atoms with Gasteiger partial charge < -0.3 is 10.2 Å². The summed E-state index contributed by atoms with van der Waals surface area (Å²) in [7, 11) is 0. The lowest BCUT2D eigenvalue weighted by Gasteiger charge is -2.14. The van der Waals surface area contributed by atoms with E-state index in [4.69, 9.17) is 0 Å². The van der Waals surface area contributed by atoms with E-state index in [1.54, 1.807) is 4.68 Å². The second-order valence-electron chi connectivity index (χ2n) is 6.97. The lowest BCUT2D eigenvalue weighted by Crippen LogP contribution is -2.31. The Labute approximate surface area is 169 Å². The highest BCUT2D eigenvalue weighted by Crippen LogP contribution is 2.21. The van der Waals surface area contributed by atoms with E-state index in [-0.39, 0.29) is 17.6 Å². The molecule has 0 saturated carbocycles. The van der Waals surface area contributed by atoms with Crippen molar-refractivity contribution in [1.82, 2.24) is 25.0 Å². The van der Waals surface area contributed by atoms with Gasteiger partial charge in [0.2, 0.25) is 11.7 Å². The Morgan fingerprint density at radius 3 is 2.45 bits per heavy atom. The van der Waals surface area contributed by atoms with Crippen LogP contribution in [0.3, 0.4) is 0 Å². The molecule has 2 amide bonds. The summed E-state index contributed by atoms with van der Waals surface area (Å²) < 4.78 is 1.69. The van der Waals surface area contributed by atoms with Gasteiger partial charge >= 0.3 is 0 Å². The highest BCUT2D eigenvalue weighted by atomic mass is 16.2. The van der Waals surface area contributed by atoms with Gasteiger partial charge in [-0.05, 0) is 25.0 Å². The van der Waals surface area contributed by atoms with Crippen molar-refractivity contribution < 1.29 is 9.59 Å². The fraction of sp³-hybridized carbons (Fsp3) is 0.273. The molecule has 3 aromatic rings. The van der Waals surface area contributed by atoms with Gasteiger partial charge in [0.25, 0.3) is 5.91 Å². The number of hydrogen-bond acceptors (Lipinski definition) is 4. The van der Waals surface area contributed by atoms with Gasteiger partial charge in [-0.25, -0.2) is 9.67 Å². The Morgan fingerprint density at radius 2 is 1.76 bits per heavy atom. The number of rotatable bonds is 7. The smallest absolute Gasteiger partial charge is 0.290 e. The maximum Gasteiger partial charge on any atom is 0.290 e. The van der Waals surface area contributed by atoms with E-state index in [1.807, 2.05) is 65.6 Å². The van der Waals surface area contributed by atoms with Crippen molar-refractivity contribution in [2.45, 2.75) is 19.3 Å². The van der Waals surface area contributed by atoms with Crippen LogP contribution in [0.1, 0.15) is 29.9 Å². The number of aromatic nitrogens is 3. The molecule has 4 rings (SSSR count). The molecule has 29 heavy (non-hydrogen) atoms. The minimum Gasteiger partial charge on any atom is -0.349 e. The van der Waals surface area contributed by atoms with E-state index < -0.39 is 0 Å². The SMILES string of the molecule is O=C(NCCCN1CCCC1=O)c1nc(-c2ccccc2)n(-c2ccccc2)n1. The minimum atomic E-state index is -0.315. The third-order valence-corrected chi connectivity index (χ3v) is 4.90. The first-order valence-corrected chi connectivity index (χ1v) is 9.86. The molecular formula is C22H23N5O2. The van der Waals surface area contributed by atoms with E-state index in [9.17, 15) is 9.59 Å². The van der Waals surface area contributed by atoms with Gasteiger partial charge in [-0.1, -0.05) is 48.5 Å². The predicted molar refractivity (Wildman–Crippen MR) is 110 cm³/mol. The van der Waals surface area contributed by atoms with Gasteiger partial charge in [-0.15, -0.1) is 5.10 Å². The molecule has 2 heterocycles. The fourth-order valence-corrected chi connectivity index (χ4v) is 3.42. The number of amides is 2. The maximum atomic E-state index is 12.6. The van der Waals surface area contributed by atoms with Crippen LogP contribution < -0.4 is 5.32 Å². The van der Waals surface area contributed by atoms with E-state index in [0.29, 0.717) is 31.8 Å². The molecule has 2 aromatic carbocycles. The third kappa shape index (κ3) is 4.34. The number of carbonyl (C=O) groups excluding carboxylic acids is 2. The Hall–Kier alpha value is -3.48. The van der Waals surface area contributed by atoms with Gasteiger partial charge in [0.05, 0.1) is 5.69 Å². The van der Waals surface area contributed by atoms with Crippen LogP contribution in [0.5, 0.6) is 0 Å². The normalized spacial score (nSPS) is 13.7. The molecule has 1 saturated heterocycles. The van der Waals surface area contributed by atoms with Crippen LogP contribution in [0.25, 0.3) is 17.1 Å². The van der Waals surface area contributed by atoms with Gasteiger partial charge in [-0.3, -0.25) is 9.59 Å². The van der Waals surface area contributed by atoms with Crippen LogP contribution in [0.4, 0.5) is 0 Å². The second-order valence-corrected chi connectivity index (χ2v) is 6.97. The highest BCUT2D eigenvalue weighted by molar-refractivity contribution is 5.91. The summed E-state index contributed by atoms with van der Waals surface area (Å²) in [4.78, 5) is 30.6. The van der Waals surface area contributed by atoms with Gasteiger partial charge in [0, 0.05) is 31.6 Å². The molecule has 1 fully saturated rings. The van der Waals surface area contributed by atoms with Crippen molar-refractivity contribution in [3.8, 4) is 17.1 Å². The summed E-state index contributed by atoms with van der Waals surface area (Å²) in [5.74, 6) is 0.631. The summed E-state index contributed by atoms with van der Waals surface area (Å²) in [5.41, 5.74) is 1.72. The summed E-state index contributed by atoms with van der Waals surface area (Å²) in [6.45, 7) is 1.96. The summed E-state index contributed by atoms with van der Waals surface area (Å²) in [6, 6.07) is 19.3. The molecule has 1 aliphatic rings. The Kier molecular flexibility index (Phi) is 5.65. The molecule has 1 N–H and O–H groups in total. The van der Waals surface area contributed by atoms with Crippen LogP contribution in [-0.2, 0) is 4.79 Å². The Bertz CT molecular complexity index is 928. The van der Waals surface area contributed by atoms with Gasteiger partial charge in [-0.2, -0.15) is 0 Å².